The quantitative estimate of drug-likeness (QED) is 0.753. The van der Waals surface area contributed by atoms with E-state index in [1.165, 1.54) is 0 Å². The van der Waals surface area contributed by atoms with Crippen molar-refractivity contribution in [2.75, 3.05) is 0 Å². The summed E-state index contributed by atoms with van der Waals surface area (Å²) in [6.45, 7) is 3.68. The third kappa shape index (κ3) is 3.18. The van der Waals surface area contributed by atoms with E-state index >= 15 is 0 Å². The first-order valence-electron chi connectivity index (χ1n) is 4.57. The molecule has 0 spiro atoms. The minimum absolute atomic E-state index is 0.0947. The SMILES string of the molecule is C[C@H](N[C@@H](C)[P+](=O)O)c1ccccc1. The van der Waals surface area contributed by atoms with Crippen LogP contribution in [0.15, 0.2) is 30.3 Å². The second kappa shape index (κ2) is 5.20. The van der Waals surface area contributed by atoms with Crippen LogP contribution in [-0.4, -0.2) is 10.7 Å². The van der Waals surface area contributed by atoms with Gasteiger partial charge in [-0.2, -0.15) is 4.89 Å². The van der Waals surface area contributed by atoms with Crippen molar-refractivity contribution in [1.29, 1.82) is 0 Å². The molecule has 1 aromatic carbocycles. The number of hydrogen-bond donors (Lipinski definition) is 2. The van der Waals surface area contributed by atoms with E-state index in [9.17, 15) is 4.57 Å². The van der Waals surface area contributed by atoms with Crippen LogP contribution >= 0.6 is 8.03 Å². The second-order valence-corrected chi connectivity index (χ2v) is 4.66. The van der Waals surface area contributed by atoms with Gasteiger partial charge in [0.2, 0.25) is 5.78 Å². The summed E-state index contributed by atoms with van der Waals surface area (Å²) >= 11 is 0. The number of rotatable bonds is 4. The molecule has 0 aliphatic rings. The summed E-state index contributed by atoms with van der Waals surface area (Å²) < 4.78 is 10.8. The largest absolute Gasteiger partial charge is 0.524 e. The molecule has 0 bridgehead atoms. The molecule has 0 saturated heterocycles. The first-order valence-corrected chi connectivity index (χ1v) is 5.85. The Bertz CT molecular complexity index is 302. The molecule has 1 rings (SSSR count). The van der Waals surface area contributed by atoms with Crippen LogP contribution in [0.3, 0.4) is 0 Å². The summed E-state index contributed by atoms with van der Waals surface area (Å²) in [6.07, 6.45) is 0. The maximum atomic E-state index is 10.8. The number of hydrogen-bond acceptors (Lipinski definition) is 2. The Morgan fingerprint density at radius 1 is 1.29 bits per heavy atom. The van der Waals surface area contributed by atoms with E-state index in [4.69, 9.17) is 4.89 Å². The molecule has 0 radical (unpaired) electrons. The van der Waals surface area contributed by atoms with Gasteiger partial charge in [0.1, 0.15) is 0 Å². The van der Waals surface area contributed by atoms with Crippen molar-refractivity contribution in [3.8, 4) is 0 Å². The first kappa shape index (κ1) is 11.3. The summed E-state index contributed by atoms with van der Waals surface area (Å²) in [7, 11) is -2.15. The van der Waals surface area contributed by atoms with Crippen LogP contribution in [-0.2, 0) is 4.57 Å². The van der Waals surface area contributed by atoms with E-state index in [1.807, 2.05) is 37.3 Å². The van der Waals surface area contributed by atoms with Crippen LogP contribution in [0.2, 0.25) is 0 Å². The lowest BCUT2D eigenvalue weighted by atomic mass is 10.1. The zero-order valence-corrected chi connectivity index (χ0v) is 9.24. The Kier molecular flexibility index (Phi) is 4.21. The predicted molar refractivity (Wildman–Crippen MR) is 57.3 cm³/mol. The smallest absolute Gasteiger partial charge is 0.265 e. The lowest BCUT2D eigenvalue weighted by molar-refractivity contribution is 0.462. The Balaban J connectivity index is 2.59. The summed E-state index contributed by atoms with van der Waals surface area (Å²) in [5.74, 6) is -0.375. The van der Waals surface area contributed by atoms with E-state index in [0.29, 0.717) is 0 Å². The van der Waals surface area contributed by atoms with Crippen molar-refractivity contribution in [3.05, 3.63) is 35.9 Å². The fourth-order valence-electron chi connectivity index (χ4n) is 1.26. The third-order valence-electron chi connectivity index (χ3n) is 2.12. The second-order valence-electron chi connectivity index (χ2n) is 3.28. The molecule has 4 heteroatoms. The lowest BCUT2D eigenvalue weighted by Gasteiger charge is -2.12. The first-order chi connectivity index (χ1) is 6.61. The van der Waals surface area contributed by atoms with Crippen LogP contribution in [0.4, 0.5) is 0 Å². The molecular formula is C10H15NO2P+. The number of benzene rings is 1. The Morgan fingerprint density at radius 3 is 2.36 bits per heavy atom. The van der Waals surface area contributed by atoms with Crippen molar-refractivity contribution in [2.24, 2.45) is 0 Å². The monoisotopic (exact) mass is 212 g/mol. The Labute approximate surface area is 85.0 Å². The molecular weight excluding hydrogens is 197 g/mol. The van der Waals surface area contributed by atoms with E-state index in [1.54, 1.807) is 6.92 Å². The Hall–Kier alpha value is -0.760. The zero-order chi connectivity index (χ0) is 10.6. The molecule has 0 amide bonds. The summed E-state index contributed by atoms with van der Waals surface area (Å²) in [6, 6.07) is 9.95. The molecule has 1 aromatic rings. The highest BCUT2D eigenvalue weighted by molar-refractivity contribution is 7.38. The maximum absolute atomic E-state index is 10.8. The summed E-state index contributed by atoms with van der Waals surface area (Å²) in [4.78, 5) is 8.86. The van der Waals surface area contributed by atoms with E-state index < -0.39 is 8.03 Å². The molecule has 2 N–H and O–H groups in total. The van der Waals surface area contributed by atoms with Crippen LogP contribution < -0.4 is 5.32 Å². The van der Waals surface area contributed by atoms with Crippen LogP contribution in [0.25, 0.3) is 0 Å². The Morgan fingerprint density at radius 2 is 1.86 bits per heavy atom. The van der Waals surface area contributed by atoms with E-state index in [-0.39, 0.29) is 11.8 Å². The average molecular weight is 212 g/mol. The standard InChI is InChI=1S/C10H14NO2P/c1-8(11-9(2)14(12)13)10-6-4-3-5-7-10/h3-9,11H,1-2H3/p+1/t8-,9+/m0/s1. The molecule has 1 unspecified atom stereocenters. The molecule has 0 fully saturated rings. The molecule has 3 atom stereocenters. The number of nitrogens with one attached hydrogen (secondary N) is 1. The molecule has 0 heterocycles. The molecule has 0 aromatic heterocycles. The fourth-order valence-corrected chi connectivity index (χ4v) is 1.61. The molecule has 0 aliphatic carbocycles. The van der Waals surface area contributed by atoms with Gasteiger partial charge in [-0.05, 0) is 24.0 Å². The highest BCUT2D eigenvalue weighted by Crippen LogP contribution is 2.22. The van der Waals surface area contributed by atoms with Gasteiger partial charge in [0.05, 0.1) is 0 Å². The van der Waals surface area contributed by atoms with Crippen molar-refractivity contribution in [2.45, 2.75) is 25.7 Å². The topological polar surface area (TPSA) is 49.3 Å². The van der Waals surface area contributed by atoms with Gasteiger partial charge in [-0.15, -0.1) is 0 Å². The molecule has 3 nitrogen and oxygen atoms in total. The van der Waals surface area contributed by atoms with Gasteiger partial charge in [-0.1, -0.05) is 30.3 Å². The van der Waals surface area contributed by atoms with Gasteiger partial charge < -0.3 is 0 Å². The van der Waals surface area contributed by atoms with E-state index in [0.717, 1.165) is 5.56 Å². The normalized spacial score (nSPS) is 16.1. The zero-order valence-electron chi connectivity index (χ0n) is 8.34. The molecule has 76 valence electrons. The van der Waals surface area contributed by atoms with Crippen molar-refractivity contribution >= 4 is 8.03 Å². The van der Waals surface area contributed by atoms with E-state index in [2.05, 4.69) is 5.32 Å². The van der Waals surface area contributed by atoms with Crippen molar-refractivity contribution in [1.82, 2.24) is 5.32 Å². The average Bonchev–Trinajstić information content (AvgIpc) is 2.19. The third-order valence-corrected chi connectivity index (χ3v) is 2.93. The molecule has 0 aliphatic heterocycles. The van der Waals surface area contributed by atoms with Gasteiger partial charge in [0.15, 0.2) is 0 Å². The highest BCUT2D eigenvalue weighted by Gasteiger charge is 2.24. The van der Waals surface area contributed by atoms with Gasteiger partial charge in [0.25, 0.3) is 0 Å². The van der Waals surface area contributed by atoms with Crippen molar-refractivity contribution in [3.63, 3.8) is 0 Å². The van der Waals surface area contributed by atoms with Crippen LogP contribution in [0.1, 0.15) is 25.5 Å². The minimum atomic E-state index is -2.15. The van der Waals surface area contributed by atoms with Gasteiger partial charge in [-0.25, -0.2) is 0 Å². The van der Waals surface area contributed by atoms with Gasteiger partial charge >= 0.3 is 8.03 Å². The lowest BCUT2D eigenvalue weighted by Crippen LogP contribution is -2.25. The molecule has 0 saturated carbocycles. The maximum Gasteiger partial charge on any atom is 0.524 e. The predicted octanol–water partition coefficient (Wildman–Crippen LogP) is 2.42. The summed E-state index contributed by atoms with van der Waals surface area (Å²) in [5.41, 5.74) is 1.12. The molecule has 14 heavy (non-hydrogen) atoms. The minimum Gasteiger partial charge on any atom is -0.265 e. The summed E-state index contributed by atoms with van der Waals surface area (Å²) in [5, 5.41) is 3.06. The van der Waals surface area contributed by atoms with Crippen molar-refractivity contribution < 1.29 is 9.46 Å². The van der Waals surface area contributed by atoms with Gasteiger partial charge in [-0.3, -0.25) is 5.32 Å². The van der Waals surface area contributed by atoms with Gasteiger partial charge in [0, 0.05) is 6.04 Å². The van der Waals surface area contributed by atoms with Crippen LogP contribution in [0.5, 0.6) is 0 Å². The van der Waals surface area contributed by atoms with Crippen LogP contribution in [0, 0.1) is 0 Å². The fraction of sp³-hybridized carbons (Fsp3) is 0.400. The highest BCUT2D eigenvalue weighted by atomic mass is 31.1.